The first kappa shape index (κ1) is 20.0. The van der Waals surface area contributed by atoms with Crippen LogP contribution in [0, 0.1) is 11.8 Å². The van der Waals surface area contributed by atoms with Gasteiger partial charge in [-0.1, -0.05) is 0 Å². The first-order valence-corrected chi connectivity index (χ1v) is 9.41. The van der Waals surface area contributed by atoms with Crippen LogP contribution >= 0.6 is 12.4 Å². The number of hydrogen-bond donors (Lipinski definition) is 2. The Hall–Kier alpha value is -1.79. The van der Waals surface area contributed by atoms with Gasteiger partial charge in [-0.3, -0.25) is 0 Å². The van der Waals surface area contributed by atoms with Crippen LogP contribution in [-0.4, -0.2) is 46.6 Å². The molecule has 1 aliphatic carbocycles. The molecular weight excluding hydrogens is 369 g/mol. The van der Waals surface area contributed by atoms with Gasteiger partial charge in [0.25, 0.3) is 0 Å². The number of carboxylic acids is 1. The number of nitrogens with two attached hydrogens (primary N) is 1. The van der Waals surface area contributed by atoms with E-state index >= 15 is 4.39 Å². The van der Waals surface area contributed by atoms with E-state index in [9.17, 15) is 9.90 Å². The first-order valence-electron chi connectivity index (χ1n) is 9.41. The number of fused-ring (bicyclic) bond motifs is 1. The molecule has 1 saturated heterocycles. The molecule has 0 bridgehead atoms. The molecule has 4 aliphatic rings. The predicted molar refractivity (Wildman–Crippen MR) is 105 cm³/mol. The number of nitrogens with zero attached hydrogens (tertiary/aromatic N) is 2. The summed E-state index contributed by atoms with van der Waals surface area (Å²) >= 11 is 0. The third kappa shape index (κ3) is 3.52. The van der Waals surface area contributed by atoms with Crippen LogP contribution < -0.4 is 5.73 Å². The Bertz CT molecular complexity index is 780. The van der Waals surface area contributed by atoms with Crippen LogP contribution in [0.4, 0.5) is 4.39 Å². The number of aliphatic carboxylic acids is 1. The molecule has 148 valence electrons. The molecule has 1 saturated carbocycles. The van der Waals surface area contributed by atoms with E-state index < -0.39 is 5.97 Å². The molecule has 3 aliphatic heterocycles. The SMILES string of the molecule is CC1=C(N2CCC(C(C)N)C2)C(F)=CN2CC(C(=O)O)=CC(C3CC3)=C12.Cl. The van der Waals surface area contributed by atoms with Crippen molar-refractivity contribution < 1.29 is 14.3 Å². The highest BCUT2D eigenvalue weighted by molar-refractivity contribution is 5.88. The van der Waals surface area contributed by atoms with Gasteiger partial charge < -0.3 is 20.6 Å². The molecule has 0 aromatic rings. The minimum atomic E-state index is -0.928. The van der Waals surface area contributed by atoms with Gasteiger partial charge >= 0.3 is 5.97 Å². The molecule has 3 heterocycles. The fourth-order valence-corrected chi connectivity index (χ4v) is 4.40. The van der Waals surface area contributed by atoms with E-state index in [0.717, 1.165) is 49.2 Å². The zero-order valence-corrected chi connectivity index (χ0v) is 16.6. The Labute approximate surface area is 165 Å². The quantitative estimate of drug-likeness (QED) is 0.765. The number of rotatable bonds is 4. The Morgan fingerprint density at radius 3 is 2.59 bits per heavy atom. The number of likely N-dealkylation sites (tertiary alicyclic amines) is 1. The second-order valence-electron chi connectivity index (χ2n) is 7.99. The lowest BCUT2D eigenvalue weighted by Gasteiger charge is -2.37. The van der Waals surface area contributed by atoms with E-state index in [1.165, 1.54) is 6.20 Å². The zero-order valence-electron chi connectivity index (χ0n) is 15.7. The van der Waals surface area contributed by atoms with Gasteiger partial charge in [-0.25, -0.2) is 9.18 Å². The molecule has 0 aromatic carbocycles. The Morgan fingerprint density at radius 2 is 2.04 bits per heavy atom. The van der Waals surface area contributed by atoms with Crippen molar-refractivity contribution in [3.8, 4) is 0 Å². The summed E-state index contributed by atoms with van der Waals surface area (Å²) in [6.07, 6.45) is 6.42. The molecule has 0 amide bonds. The Kier molecular flexibility index (Phi) is 5.41. The molecule has 4 rings (SSSR count). The second kappa shape index (κ2) is 7.32. The number of allylic oxidation sites excluding steroid dienone is 4. The van der Waals surface area contributed by atoms with Crippen molar-refractivity contribution in [2.45, 2.75) is 39.2 Å². The maximum Gasteiger partial charge on any atom is 0.333 e. The Balaban J connectivity index is 0.00000210. The van der Waals surface area contributed by atoms with Gasteiger partial charge in [0.2, 0.25) is 0 Å². The van der Waals surface area contributed by atoms with Crippen molar-refractivity contribution in [1.29, 1.82) is 0 Å². The fraction of sp³-hybridized carbons (Fsp3) is 0.550. The van der Waals surface area contributed by atoms with Gasteiger partial charge in [0.1, 0.15) is 0 Å². The van der Waals surface area contributed by atoms with E-state index in [4.69, 9.17) is 5.73 Å². The lowest BCUT2D eigenvalue weighted by Crippen LogP contribution is -2.35. The summed E-state index contributed by atoms with van der Waals surface area (Å²) in [5.74, 6) is -0.438. The minimum absolute atomic E-state index is 0. The third-order valence-corrected chi connectivity index (χ3v) is 6.01. The normalized spacial score (nSPS) is 26.4. The van der Waals surface area contributed by atoms with Gasteiger partial charge in [0, 0.05) is 31.0 Å². The molecule has 0 radical (unpaired) electrons. The molecule has 2 unspecified atom stereocenters. The third-order valence-electron chi connectivity index (χ3n) is 6.01. The van der Waals surface area contributed by atoms with Gasteiger partial charge in [-0.2, -0.15) is 0 Å². The van der Waals surface area contributed by atoms with E-state index in [2.05, 4.69) is 4.90 Å². The maximum atomic E-state index is 15.0. The van der Waals surface area contributed by atoms with E-state index in [1.54, 1.807) is 4.90 Å². The summed E-state index contributed by atoms with van der Waals surface area (Å²) < 4.78 is 15.0. The highest BCUT2D eigenvalue weighted by Gasteiger charge is 2.38. The highest BCUT2D eigenvalue weighted by atomic mass is 35.5. The lowest BCUT2D eigenvalue weighted by atomic mass is 9.92. The molecule has 7 heteroatoms. The van der Waals surface area contributed by atoms with Crippen molar-refractivity contribution in [1.82, 2.24) is 9.80 Å². The maximum absolute atomic E-state index is 15.0. The second-order valence-corrected chi connectivity index (χ2v) is 7.99. The molecular formula is C20H27ClFN3O2. The van der Waals surface area contributed by atoms with Crippen LogP contribution in [0.5, 0.6) is 0 Å². The molecule has 2 atom stereocenters. The summed E-state index contributed by atoms with van der Waals surface area (Å²) in [5, 5.41) is 9.42. The van der Waals surface area contributed by atoms with Crippen LogP contribution in [0.3, 0.4) is 0 Å². The summed E-state index contributed by atoms with van der Waals surface area (Å²) in [4.78, 5) is 15.4. The fourth-order valence-electron chi connectivity index (χ4n) is 4.40. The van der Waals surface area contributed by atoms with Gasteiger partial charge in [0.05, 0.1) is 17.8 Å². The Morgan fingerprint density at radius 1 is 1.33 bits per heavy atom. The van der Waals surface area contributed by atoms with Crippen LogP contribution in [0.1, 0.15) is 33.1 Å². The predicted octanol–water partition coefficient (Wildman–Crippen LogP) is 3.17. The topological polar surface area (TPSA) is 69.8 Å². The molecule has 2 fully saturated rings. The molecule has 3 N–H and O–H groups in total. The van der Waals surface area contributed by atoms with Crippen molar-refractivity contribution in [3.63, 3.8) is 0 Å². The average molecular weight is 396 g/mol. The highest BCUT2D eigenvalue weighted by Crippen LogP contribution is 2.46. The van der Waals surface area contributed by atoms with Gasteiger partial charge in [-0.15, -0.1) is 12.4 Å². The largest absolute Gasteiger partial charge is 0.478 e. The van der Waals surface area contributed by atoms with Crippen LogP contribution in [-0.2, 0) is 4.79 Å². The number of carbonyl (C=O) groups is 1. The monoisotopic (exact) mass is 395 g/mol. The van der Waals surface area contributed by atoms with Crippen molar-refractivity contribution >= 4 is 18.4 Å². The van der Waals surface area contributed by atoms with Crippen LogP contribution in [0.2, 0.25) is 0 Å². The standard InChI is InChI=1S/C20H26FN3O2.ClH/c1-11-18-16(13-3-4-13)7-15(20(25)26)9-24(18)10-17(21)19(11)23-6-5-14(8-23)12(2)22;/h7,10,12-14H,3-6,8-9,22H2,1-2H3,(H,25,26);1H. The van der Waals surface area contributed by atoms with E-state index in [1.807, 2.05) is 19.9 Å². The first-order chi connectivity index (χ1) is 12.4. The summed E-state index contributed by atoms with van der Waals surface area (Å²) in [5.41, 5.74) is 10.00. The van der Waals surface area contributed by atoms with Crippen molar-refractivity contribution in [2.24, 2.45) is 17.6 Å². The molecule has 0 spiro atoms. The number of halogens is 2. The summed E-state index contributed by atoms with van der Waals surface area (Å²) in [7, 11) is 0. The average Bonchev–Trinajstić information content (AvgIpc) is 3.31. The summed E-state index contributed by atoms with van der Waals surface area (Å²) in [6.45, 7) is 5.76. The van der Waals surface area contributed by atoms with Gasteiger partial charge in [0.15, 0.2) is 5.83 Å². The van der Waals surface area contributed by atoms with Crippen LogP contribution in [0.25, 0.3) is 0 Å². The minimum Gasteiger partial charge on any atom is -0.478 e. The van der Waals surface area contributed by atoms with Crippen molar-refractivity contribution in [3.05, 3.63) is 46.2 Å². The van der Waals surface area contributed by atoms with Gasteiger partial charge in [-0.05, 0) is 62.2 Å². The van der Waals surface area contributed by atoms with E-state index in [-0.39, 0.29) is 30.8 Å². The van der Waals surface area contributed by atoms with Crippen LogP contribution in [0.15, 0.2) is 46.2 Å². The molecule has 27 heavy (non-hydrogen) atoms. The smallest absolute Gasteiger partial charge is 0.333 e. The number of carboxylic acid groups (broad SMARTS) is 1. The number of hydrogen-bond acceptors (Lipinski definition) is 4. The summed E-state index contributed by atoms with van der Waals surface area (Å²) in [6, 6.07) is 0.102. The van der Waals surface area contributed by atoms with Crippen molar-refractivity contribution in [2.75, 3.05) is 19.6 Å². The molecule has 0 aromatic heterocycles. The zero-order chi connectivity index (χ0) is 18.6. The molecule has 5 nitrogen and oxygen atoms in total. The lowest BCUT2D eigenvalue weighted by molar-refractivity contribution is -0.132. The van der Waals surface area contributed by atoms with E-state index in [0.29, 0.717) is 23.1 Å².